The molecule has 1 unspecified atom stereocenters. The molecule has 1 aromatic carbocycles. The number of alkyl halides is 3. The molecule has 2 aromatic heterocycles. The highest BCUT2D eigenvalue weighted by Crippen LogP contribution is 2.36. The molecule has 0 aliphatic carbocycles. The van der Waals surface area contributed by atoms with E-state index in [1.54, 1.807) is 4.90 Å². The average molecular weight is 476 g/mol. The largest absolute Gasteiger partial charge is 0.573 e. The third-order valence-corrected chi connectivity index (χ3v) is 6.70. The number of likely N-dealkylation sites (tertiary alicyclic amines) is 1. The van der Waals surface area contributed by atoms with Gasteiger partial charge in [0.15, 0.2) is 0 Å². The van der Waals surface area contributed by atoms with E-state index in [4.69, 9.17) is 0 Å². The van der Waals surface area contributed by atoms with Crippen LogP contribution in [-0.4, -0.2) is 53.3 Å². The maximum absolute atomic E-state index is 14.9. The number of amides is 1. The third kappa shape index (κ3) is 4.59. The van der Waals surface area contributed by atoms with Gasteiger partial charge in [0.2, 0.25) is 0 Å². The second kappa shape index (κ2) is 8.90. The van der Waals surface area contributed by atoms with Crippen molar-refractivity contribution in [3.05, 3.63) is 59.2 Å². The van der Waals surface area contributed by atoms with E-state index >= 15 is 0 Å². The number of aromatic amines is 1. The predicted octanol–water partition coefficient (Wildman–Crippen LogP) is 4.70. The van der Waals surface area contributed by atoms with Gasteiger partial charge in [-0.05, 0) is 62.1 Å². The number of halogens is 4. The van der Waals surface area contributed by atoms with Crippen molar-refractivity contribution < 1.29 is 27.1 Å². The molecule has 34 heavy (non-hydrogen) atoms. The molecule has 0 radical (unpaired) electrons. The molecule has 2 saturated heterocycles. The SMILES string of the molecule is O=C(c1ccc(OC(F)(F)F)cc1)N1CCC(c2c(F)cnc3[nH]c(C4CCNC4)cc23)CC1. The lowest BCUT2D eigenvalue weighted by Crippen LogP contribution is -2.38. The molecule has 4 heterocycles. The highest BCUT2D eigenvalue weighted by atomic mass is 19.4. The lowest BCUT2D eigenvalue weighted by Gasteiger charge is -2.32. The normalized spacial score (nSPS) is 19.6. The summed E-state index contributed by atoms with van der Waals surface area (Å²) in [7, 11) is 0. The van der Waals surface area contributed by atoms with E-state index in [0.717, 1.165) is 42.7 Å². The lowest BCUT2D eigenvalue weighted by molar-refractivity contribution is -0.274. The number of piperidine rings is 1. The molecule has 1 amide bonds. The molecule has 2 N–H and O–H groups in total. The van der Waals surface area contributed by atoms with E-state index in [9.17, 15) is 22.4 Å². The van der Waals surface area contributed by atoms with Gasteiger partial charge in [0.1, 0.15) is 17.2 Å². The van der Waals surface area contributed by atoms with Gasteiger partial charge >= 0.3 is 6.36 Å². The van der Waals surface area contributed by atoms with Gasteiger partial charge in [-0.1, -0.05) is 0 Å². The summed E-state index contributed by atoms with van der Waals surface area (Å²) in [5, 5.41) is 4.14. The quantitative estimate of drug-likeness (QED) is 0.536. The van der Waals surface area contributed by atoms with E-state index in [0.29, 0.717) is 43.1 Å². The van der Waals surface area contributed by atoms with Crippen LogP contribution in [0.15, 0.2) is 36.5 Å². The second-order valence-electron chi connectivity index (χ2n) is 8.84. The van der Waals surface area contributed by atoms with Crippen LogP contribution < -0.4 is 10.1 Å². The number of fused-ring (bicyclic) bond motifs is 1. The Morgan fingerprint density at radius 1 is 1.09 bits per heavy atom. The fraction of sp³-hybridized carbons (Fsp3) is 0.417. The smallest absolute Gasteiger partial charge is 0.406 e. The highest BCUT2D eigenvalue weighted by Gasteiger charge is 2.32. The minimum Gasteiger partial charge on any atom is -0.406 e. The molecule has 180 valence electrons. The molecule has 0 spiro atoms. The number of carbonyl (C=O) groups excluding carboxylic acids is 1. The monoisotopic (exact) mass is 476 g/mol. The Balaban J connectivity index is 1.28. The van der Waals surface area contributed by atoms with Crippen molar-refractivity contribution >= 4 is 16.9 Å². The van der Waals surface area contributed by atoms with Crippen LogP contribution in [0.3, 0.4) is 0 Å². The molecule has 0 bridgehead atoms. The van der Waals surface area contributed by atoms with Gasteiger partial charge in [-0.15, -0.1) is 13.2 Å². The van der Waals surface area contributed by atoms with Crippen molar-refractivity contribution in [1.29, 1.82) is 0 Å². The molecule has 0 saturated carbocycles. The van der Waals surface area contributed by atoms with Crippen LogP contribution in [0.1, 0.15) is 52.7 Å². The number of pyridine rings is 1. The molecule has 2 aliphatic rings. The summed E-state index contributed by atoms with van der Waals surface area (Å²) in [4.78, 5) is 22.1. The standard InChI is InChI=1S/C24H24F4N4O2/c25-19-13-30-22-18(11-20(31-22)16-5-8-29-12-16)21(19)14-6-9-32(10-7-14)23(33)15-1-3-17(4-2-15)34-24(26,27)28/h1-4,11,13-14,16,29H,5-10,12H2,(H,30,31). The number of nitrogens with one attached hydrogen (secondary N) is 2. The zero-order chi connectivity index (χ0) is 23.9. The van der Waals surface area contributed by atoms with E-state index in [-0.39, 0.29) is 29.0 Å². The maximum atomic E-state index is 14.9. The van der Waals surface area contributed by atoms with Crippen molar-refractivity contribution in [2.75, 3.05) is 26.2 Å². The summed E-state index contributed by atoms with van der Waals surface area (Å²) in [6, 6.07) is 6.90. The first kappa shape index (κ1) is 22.6. The third-order valence-electron chi connectivity index (χ3n) is 6.70. The first-order valence-corrected chi connectivity index (χ1v) is 11.3. The summed E-state index contributed by atoms with van der Waals surface area (Å²) in [5.41, 5.74) is 2.66. The first-order chi connectivity index (χ1) is 16.3. The fourth-order valence-electron chi connectivity index (χ4n) is 5.00. The Morgan fingerprint density at radius 3 is 2.47 bits per heavy atom. The Labute approximate surface area is 193 Å². The van der Waals surface area contributed by atoms with Crippen molar-refractivity contribution in [2.24, 2.45) is 0 Å². The highest BCUT2D eigenvalue weighted by molar-refractivity contribution is 5.94. The molecule has 1 atom stereocenters. The van der Waals surface area contributed by atoms with E-state index in [2.05, 4.69) is 20.0 Å². The van der Waals surface area contributed by atoms with Gasteiger partial charge in [0, 0.05) is 47.8 Å². The number of carbonyl (C=O) groups is 1. The Bertz CT molecular complexity index is 1180. The van der Waals surface area contributed by atoms with Crippen molar-refractivity contribution in [2.45, 2.75) is 37.5 Å². The van der Waals surface area contributed by atoms with Crippen molar-refractivity contribution in [3.63, 3.8) is 0 Å². The zero-order valence-electron chi connectivity index (χ0n) is 18.3. The number of nitrogens with zero attached hydrogens (tertiary/aromatic N) is 2. The van der Waals surface area contributed by atoms with Gasteiger partial charge in [0.25, 0.3) is 5.91 Å². The van der Waals surface area contributed by atoms with Gasteiger partial charge in [-0.2, -0.15) is 0 Å². The zero-order valence-corrected chi connectivity index (χ0v) is 18.3. The number of hydrogen-bond acceptors (Lipinski definition) is 4. The van der Waals surface area contributed by atoms with E-state index in [1.165, 1.54) is 18.3 Å². The van der Waals surface area contributed by atoms with E-state index in [1.807, 2.05) is 6.07 Å². The topological polar surface area (TPSA) is 70.2 Å². The van der Waals surface area contributed by atoms with Crippen LogP contribution in [0.5, 0.6) is 5.75 Å². The maximum Gasteiger partial charge on any atom is 0.573 e. The molecule has 3 aromatic rings. The lowest BCUT2D eigenvalue weighted by atomic mass is 9.87. The number of rotatable bonds is 4. The molecular formula is C24H24F4N4O2. The molecule has 6 nitrogen and oxygen atoms in total. The van der Waals surface area contributed by atoms with Crippen molar-refractivity contribution in [3.8, 4) is 5.75 Å². The number of aromatic nitrogens is 2. The predicted molar refractivity (Wildman–Crippen MR) is 117 cm³/mol. The van der Waals surface area contributed by atoms with Crippen LogP contribution in [0.25, 0.3) is 11.0 Å². The summed E-state index contributed by atoms with van der Waals surface area (Å²) in [6.07, 6.45) is -1.33. The Morgan fingerprint density at radius 2 is 1.82 bits per heavy atom. The molecule has 2 fully saturated rings. The minimum absolute atomic E-state index is 0.0533. The van der Waals surface area contributed by atoms with Crippen LogP contribution >= 0.6 is 0 Å². The summed E-state index contributed by atoms with van der Waals surface area (Å²) in [5.74, 6) is -0.679. The van der Waals surface area contributed by atoms with Crippen LogP contribution in [0.2, 0.25) is 0 Å². The van der Waals surface area contributed by atoms with Crippen LogP contribution in [0.4, 0.5) is 17.6 Å². The van der Waals surface area contributed by atoms with Gasteiger partial charge in [-0.25, -0.2) is 9.37 Å². The Hall–Kier alpha value is -3.14. The molecule has 5 rings (SSSR count). The van der Waals surface area contributed by atoms with Gasteiger partial charge < -0.3 is 19.9 Å². The van der Waals surface area contributed by atoms with Gasteiger partial charge in [-0.3, -0.25) is 4.79 Å². The number of H-pyrrole nitrogens is 1. The number of hydrogen-bond donors (Lipinski definition) is 2. The average Bonchev–Trinajstić information content (AvgIpc) is 3.48. The second-order valence-corrected chi connectivity index (χ2v) is 8.84. The minimum atomic E-state index is -4.78. The number of ether oxygens (including phenoxy) is 1. The summed E-state index contributed by atoms with van der Waals surface area (Å²) in [6.45, 7) is 2.70. The molecular weight excluding hydrogens is 452 g/mol. The van der Waals surface area contributed by atoms with Crippen LogP contribution in [0, 0.1) is 5.82 Å². The van der Waals surface area contributed by atoms with Crippen LogP contribution in [-0.2, 0) is 0 Å². The summed E-state index contributed by atoms with van der Waals surface area (Å²) >= 11 is 0. The fourth-order valence-corrected chi connectivity index (χ4v) is 5.00. The number of benzene rings is 1. The Kier molecular flexibility index (Phi) is 5.93. The first-order valence-electron chi connectivity index (χ1n) is 11.3. The van der Waals surface area contributed by atoms with Crippen molar-refractivity contribution in [1.82, 2.24) is 20.2 Å². The molecule has 2 aliphatic heterocycles. The summed E-state index contributed by atoms with van der Waals surface area (Å²) < 4.78 is 55.8. The van der Waals surface area contributed by atoms with E-state index < -0.39 is 6.36 Å². The molecule has 10 heteroatoms. The van der Waals surface area contributed by atoms with Gasteiger partial charge in [0.05, 0.1) is 6.20 Å².